The minimum absolute atomic E-state index is 0.0775. The highest BCUT2D eigenvalue weighted by Crippen LogP contribution is 2.37. The Morgan fingerprint density at radius 1 is 1.40 bits per heavy atom. The highest BCUT2D eigenvalue weighted by molar-refractivity contribution is 7.09. The third-order valence-electron chi connectivity index (χ3n) is 2.79. The molecule has 1 unspecified atom stereocenters. The average Bonchev–Trinajstić information content (AvgIpc) is 2.89. The van der Waals surface area contributed by atoms with Gasteiger partial charge in [0.1, 0.15) is 6.61 Å². The van der Waals surface area contributed by atoms with Gasteiger partial charge in [0.15, 0.2) is 11.5 Å². The van der Waals surface area contributed by atoms with E-state index in [1.165, 1.54) is 0 Å². The molecule has 0 aliphatic heterocycles. The lowest BCUT2D eigenvalue weighted by Gasteiger charge is -2.14. The van der Waals surface area contributed by atoms with Gasteiger partial charge in [0.2, 0.25) is 0 Å². The summed E-state index contributed by atoms with van der Waals surface area (Å²) in [6.45, 7) is 2.45. The molecule has 0 bridgehead atoms. The normalized spacial score (nSPS) is 12.2. The molecule has 2 rings (SSSR count). The van der Waals surface area contributed by atoms with E-state index >= 15 is 0 Å². The number of thiophene rings is 1. The molecule has 0 spiro atoms. The van der Waals surface area contributed by atoms with Gasteiger partial charge in [-0.05, 0) is 42.5 Å². The molecule has 1 heterocycles. The second kappa shape index (κ2) is 6.97. The summed E-state index contributed by atoms with van der Waals surface area (Å²) in [5, 5.41) is 2.57. The van der Waals surface area contributed by atoms with Crippen molar-refractivity contribution in [2.75, 3.05) is 7.11 Å². The zero-order valence-electron chi connectivity index (χ0n) is 11.6. The van der Waals surface area contributed by atoms with Crippen LogP contribution in [0.25, 0.3) is 0 Å². The summed E-state index contributed by atoms with van der Waals surface area (Å²) >= 11 is 7.94. The molecule has 5 heteroatoms. The first-order chi connectivity index (χ1) is 9.60. The number of halogens is 1. The molecule has 0 fully saturated rings. The van der Waals surface area contributed by atoms with Crippen LogP contribution in [-0.4, -0.2) is 13.2 Å². The van der Waals surface area contributed by atoms with E-state index in [9.17, 15) is 0 Å². The topological polar surface area (TPSA) is 44.5 Å². The number of methoxy groups -OCH3 is 1. The first kappa shape index (κ1) is 15.2. The predicted molar refractivity (Wildman–Crippen MR) is 84.0 cm³/mol. The smallest absolute Gasteiger partial charge is 0.180 e. The van der Waals surface area contributed by atoms with Gasteiger partial charge in [0.25, 0.3) is 0 Å². The van der Waals surface area contributed by atoms with E-state index in [4.69, 9.17) is 26.8 Å². The third-order valence-corrected chi connectivity index (χ3v) is 3.92. The largest absolute Gasteiger partial charge is 0.493 e. The summed E-state index contributed by atoms with van der Waals surface area (Å²) < 4.78 is 11.2. The molecule has 1 aromatic carbocycles. The van der Waals surface area contributed by atoms with Crippen LogP contribution in [0.1, 0.15) is 17.4 Å². The van der Waals surface area contributed by atoms with Gasteiger partial charge < -0.3 is 15.2 Å². The van der Waals surface area contributed by atoms with Crippen LogP contribution in [0.5, 0.6) is 11.5 Å². The highest BCUT2D eigenvalue weighted by atomic mass is 35.5. The molecule has 2 N–H and O–H groups in total. The first-order valence-corrected chi connectivity index (χ1v) is 7.63. The lowest BCUT2D eigenvalue weighted by molar-refractivity contribution is 0.287. The van der Waals surface area contributed by atoms with Gasteiger partial charge in [-0.3, -0.25) is 0 Å². The Hall–Kier alpha value is -1.23. The molecule has 0 radical (unpaired) electrons. The van der Waals surface area contributed by atoms with Crippen LogP contribution in [0.15, 0.2) is 29.6 Å². The minimum atomic E-state index is 0.0775. The number of hydrogen-bond donors (Lipinski definition) is 1. The number of benzene rings is 1. The van der Waals surface area contributed by atoms with E-state index in [-0.39, 0.29) is 6.04 Å². The lowest BCUT2D eigenvalue weighted by atomic mass is 10.1. The summed E-state index contributed by atoms with van der Waals surface area (Å²) in [5.74, 6) is 1.22. The van der Waals surface area contributed by atoms with Crippen molar-refractivity contribution in [3.63, 3.8) is 0 Å². The van der Waals surface area contributed by atoms with Gasteiger partial charge in [-0.25, -0.2) is 0 Å². The average molecular weight is 312 g/mol. The second-order valence-corrected chi connectivity index (χ2v) is 6.10. The SMILES string of the molecule is COc1cc(CC(C)N)cc(Cl)c1OCc1cccs1. The predicted octanol–water partition coefficient (Wildman–Crippen LogP) is 3.88. The quantitative estimate of drug-likeness (QED) is 0.880. The Morgan fingerprint density at radius 2 is 2.20 bits per heavy atom. The van der Waals surface area contributed by atoms with Crippen LogP contribution >= 0.6 is 22.9 Å². The van der Waals surface area contributed by atoms with Crippen LogP contribution in [0.2, 0.25) is 5.02 Å². The van der Waals surface area contributed by atoms with Gasteiger partial charge in [-0.1, -0.05) is 17.7 Å². The molecule has 0 aliphatic rings. The molecular formula is C15H18ClNO2S. The standard InChI is InChI=1S/C15H18ClNO2S/c1-10(17)6-11-7-13(16)15(14(8-11)18-2)19-9-12-4-3-5-20-12/h3-5,7-8,10H,6,9,17H2,1-2H3. The monoisotopic (exact) mass is 311 g/mol. The van der Waals surface area contributed by atoms with Crippen LogP contribution in [-0.2, 0) is 13.0 Å². The fourth-order valence-corrected chi connectivity index (χ4v) is 2.84. The van der Waals surface area contributed by atoms with Gasteiger partial charge in [0, 0.05) is 10.9 Å². The maximum atomic E-state index is 6.29. The van der Waals surface area contributed by atoms with E-state index in [0.717, 1.165) is 16.9 Å². The van der Waals surface area contributed by atoms with E-state index in [2.05, 4.69) is 0 Å². The molecule has 0 saturated heterocycles. The molecule has 108 valence electrons. The van der Waals surface area contributed by atoms with Crippen molar-refractivity contribution in [3.05, 3.63) is 45.1 Å². The van der Waals surface area contributed by atoms with Gasteiger partial charge in [0.05, 0.1) is 12.1 Å². The Morgan fingerprint density at radius 3 is 2.80 bits per heavy atom. The molecule has 1 atom stereocenters. The fraction of sp³-hybridized carbons (Fsp3) is 0.333. The zero-order valence-corrected chi connectivity index (χ0v) is 13.1. The minimum Gasteiger partial charge on any atom is -0.493 e. The Labute approximate surface area is 128 Å². The summed E-state index contributed by atoms with van der Waals surface area (Å²) in [4.78, 5) is 1.14. The maximum Gasteiger partial charge on any atom is 0.180 e. The number of nitrogens with two attached hydrogens (primary N) is 1. The van der Waals surface area contributed by atoms with Crippen LogP contribution in [0.4, 0.5) is 0 Å². The second-order valence-electron chi connectivity index (χ2n) is 4.66. The van der Waals surface area contributed by atoms with Gasteiger partial charge in [-0.15, -0.1) is 11.3 Å². The fourth-order valence-electron chi connectivity index (χ4n) is 1.94. The summed E-state index contributed by atoms with van der Waals surface area (Å²) in [7, 11) is 1.61. The highest BCUT2D eigenvalue weighted by Gasteiger charge is 2.13. The molecule has 0 aliphatic carbocycles. The van der Waals surface area contributed by atoms with Crippen molar-refractivity contribution in [1.29, 1.82) is 0 Å². The number of rotatable bonds is 6. The van der Waals surface area contributed by atoms with Crippen molar-refractivity contribution < 1.29 is 9.47 Å². The Bertz CT molecular complexity index is 555. The van der Waals surface area contributed by atoms with Crippen LogP contribution in [0.3, 0.4) is 0 Å². The van der Waals surface area contributed by atoms with Crippen LogP contribution < -0.4 is 15.2 Å². The molecule has 0 amide bonds. The molecule has 3 nitrogen and oxygen atoms in total. The summed E-state index contributed by atoms with van der Waals surface area (Å²) in [6, 6.07) is 7.91. The molecule has 20 heavy (non-hydrogen) atoms. The van der Waals surface area contributed by atoms with E-state index < -0.39 is 0 Å². The lowest BCUT2D eigenvalue weighted by Crippen LogP contribution is -2.17. The maximum absolute atomic E-state index is 6.29. The Kier molecular flexibility index (Phi) is 5.29. The van der Waals surface area contributed by atoms with Crippen molar-refractivity contribution in [3.8, 4) is 11.5 Å². The molecule has 1 aromatic heterocycles. The van der Waals surface area contributed by atoms with Crippen molar-refractivity contribution in [1.82, 2.24) is 0 Å². The van der Waals surface area contributed by atoms with E-state index in [1.807, 2.05) is 36.6 Å². The van der Waals surface area contributed by atoms with Gasteiger partial charge >= 0.3 is 0 Å². The number of ether oxygens (including phenoxy) is 2. The van der Waals surface area contributed by atoms with Crippen LogP contribution in [0, 0.1) is 0 Å². The van der Waals surface area contributed by atoms with E-state index in [0.29, 0.717) is 23.1 Å². The van der Waals surface area contributed by atoms with Crippen molar-refractivity contribution >= 4 is 22.9 Å². The third kappa shape index (κ3) is 3.88. The van der Waals surface area contributed by atoms with Crippen molar-refractivity contribution in [2.24, 2.45) is 5.73 Å². The van der Waals surface area contributed by atoms with Gasteiger partial charge in [-0.2, -0.15) is 0 Å². The summed E-state index contributed by atoms with van der Waals surface area (Å²) in [6.07, 6.45) is 0.751. The Balaban J connectivity index is 2.18. The number of hydrogen-bond acceptors (Lipinski definition) is 4. The zero-order chi connectivity index (χ0) is 14.5. The van der Waals surface area contributed by atoms with Crippen molar-refractivity contribution in [2.45, 2.75) is 26.0 Å². The first-order valence-electron chi connectivity index (χ1n) is 6.37. The molecule has 0 saturated carbocycles. The molecule has 2 aromatic rings. The molecular weight excluding hydrogens is 294 g/mol. The van der Waals surface area contributed by atoms with E-state index in [1.54, 1.807) is 18.4 Å². The summed E-state index contributed by atoms with van der Waals surface area (Å²) in [5.41, 5.74) is 6.86.